The average molecular weight is 190 g/mol. The van der Waals surface area contributed by atoms with Crippen molar-refractivity contribution in [3.05, 3.63) is 29.6 Å². The lowest BCUT2D eigenvalue weighted by atomic mass is 10.1. The maximum atomic E-state index is 4.10. The molecule has 1 aliphatic carbocycles. The lowest BCUT2D eigenvalue weighted by molar-refractivity contribution is 0.523. The molecule has 1 aromatic rings. The van der Waals surface area contributed by atoms with Gasteiger partial charge in [0.25, 0.3) is 0 Å². The van der Waals surface area contributed by atoms with Gasteiger partial charge in [-0.3, -0.25) is 4.98 Å². The van der Waals surface area contributed by atoms with Gasteiger partial charge in [-0.25, -0.2) is 0 Å². The van der Waals surface area contributed by atoms with Crippen molar-refractivity contribution >= 4 is 0 Å². The number of nitrogens with zero attached hydrogens (tertiary/aromatic N) is 1. The van der Waals surface area contributed by atoms with E-state index in [0.717, 1.165) is 12.6 Å². The Balaban J connectivity index is 1.88. The second kappa shape index (κ2) is 4.56. The number of pyridine rings is 1. The first kappa shape index (κ1) is 9.66. The summed E-state index contributed by atoms with van der Waals surface area (Å²) in [6.07, 6.45) is 9.30. The number of hydrogen-bond donors (Lipinski definition) is 1. The molecule has 1 N–H and O–H groups in total. The van der Waals surface area contributed by atoms with E-state index < -0.39 is 0 Å². The third-order valence-corrected chi connectivity index (χ3v) is 3.07. The largest absolute Gasteiger partial charge is 0.310 e. The van der Waals surface area contributed by atoms with Gasteiger partial charge in [-0.1, -0.05) is 12.8 Å². The molecule has 0 bridgehead atoms. The zero-order valence-electron chi connectivity index (χ0n) is 8.79. The van der Waals surface area contributed by atoms with Crippen molar-refractivity contribution in [2.45, 2.75) is 45.2 Å². The molecular formula is C12H18N2. The van der Waals surface area contributed by atoms with Gasteiger partial charge in [-0.05, 0) is 37.0 Å². The van der Waals surface area contributed by atoms with E-state index in [9.17, 15) is 0 Å². The second-order valence-corrected chi connectivity index (χ2v) is 4.16. The Morgan fingerprint density at radius 1 is 1.43 bits per heavy atom. The van der Waals surface area contributed by atoms with Crippen LogP contribution in [0.15, 0.2) is 18.5 Å². The van der Waals surface area contributed by atoms with Gasteiger partial charge in [0.1, 0.15) is 0 Å². The number of hydrogen-bond acceptors (Lipinski definition) is 2. The zero-order valence-corrected chi connectivity index (χ0v) is 8.79. The van der Waals surface area contributed by atoms with Crippen molar-refractivity contribution in [1.82, 2.24) is 10.3 Å². The summed E-state index contributed by atoms with van der Waals surface area (Å²) in [5.41, 5.74) is 2.67. The van der Waals surface area contributed by atoms with Crippen LogP contribution in [-0.2, 0) is 6.54 Å². The molecule has 0 radical (unpaired) electrons. The van der Waals surface area contributed by atoms with Crippen LogP contribution in [0.4, 0.5) is 0 Å². The standard InChI is InChI=1S/C12H18N2/c1-10-8-13-7-6-11(10)9-14-12-4-2-3-5-12/h6-8,12,14H,2-5,9H2,1H3. The van der Waals surface area contributed by atoms with Crippen LogP contribution in [0.5, 0.6) is 0 Å². The van der Waals surface area contributed by atoms with Gasteiger partial charge < -0.3 is 5.32 Å². The summed E-state index contributed by atoms with van der Waals surface area (Å²) in [5, 5.41) is 3.61. The third kappa shape index (κ3) is 2.32. The molecule has 0 aliphatic heterocycles. The summed E-state index contributed by atoms with van der Waals surface area (Å²) < 4.78 is 0. The molecule has 2 rings (SSSR count). The fraction of sp³-hybridized carbons (Fsp3) is 0.583. The van der Waals surface area contributed by atoms with Crippen molar-refractivity contribution in [2.75, 3.05) is 0 Å². The molecule has 2 nitrogen and oxygen atoms in total. The lowest BCUT2D eigenvalue weighted by Crippen LogP contribution is -2.25. The summed E-state index contributed by atoms with van der Waals surface area (Å²) in [7, 11) is 0. The highest BCUT2D eigenvalue weighted by molar-refractivity contribution is 5.21. The molecule has 14 heavy (non-hydrogen) atoms. The predicted octanol–water partition coefficient (Wildman–Crippen LogP) is 2.42. The van der Waals surface area contributed by atoms with Crippen LogP contribution in [0.1, 0.15) is 36.8 Å². The Morgan fingerprint density at radius 3 is 2.93 bits per heavy atom. The van der Waals surface area contributed by atoms with Crippen molar-refractivity contribution < 1.29 is 0 Å². The minimum atomic E-state index is 0.752. The van der Waals surface area contributed by atoms with Crippen LogP contribution in [0.25, 0.3) is 0 Å². The number of rotatable bonds is 3. The Hall–Kier alpha value is -0.890. The number of aryl methyl sites for hydroxylation is 1. The van der Waals surface area contributed by atoms with Crippen molar-refractivity contribution in [1.29, 1.82) is 0 Å². The number of aromatic nitrogens is 1. The van der Waals surface area contributed by atoms with Crippen LogP contribution in [-0.4, -0.2) is 11.0 Å². The van der Waals surface area contributed by atoms with Crippen molar-refractivity contribution in [3.8, 4) is 0 Å². The second-order valence-electron chi connectivity index (χ2n) is 4.16. The number of nitrogens with one attached hydrogen (secondary N) is 1. The average Bonchev–Trinajstić information content (AvgIpc) is 2.69. The van der Waals surface area contributed by atoms with Crippen molar-refractivity contribution in [3.63, 3.8) is 0 Å². The first-order chi connectivity index (χ1) is 6.86. The van der Waals surface area contributed by atoms with E-state index in [-0.39, 0.29) is 0 Å². The molecule has 1 heterocycles. The first-order valence-electron chi connectivity index (χ1n) is 5.49. The van der Waals surface area contributed by atoms with Gasteiger partial charge in [-0.15, -0.1) is 0 Å². The van der Waals surface area contributed by atoms with E-state index in [0.29, 0.717) is 0 Å². The molecule has 1 fully saturated rings. The van der Waals surface area contributed by atoms with E-state index in [4.69, 9.17) is 0 Å². The van der Waals surface area contributed by atoms with Crippen LogP contribution >= 0.6 is 0 Å². The highest BCUT2D eigenvalue weighted by Gasteiger charge is 2.13. The normalized spacial score (nSPS) is 17.5. The molecule has 1 aliphatic rings. The fourth-order valence-electron chi connectivity index (χ4n) is 2.08. The summed E-state index contributed by atoms with van der Waals surface area (Å²) in [4.78, 5) is 4.10. The molecule has 1 aromatic heterocycles. The monoisotopic (exact) mass is 190 g/mol. The smallest absolute Gasteiger partial charge is 0.0300 e. The molecule has 0 spiro atoms. The fourth-order valence-corrected chi connectivity index (χ4v) is 2.08. The predicted molar refractivity (Wildman–Crippen MR) is 58.1 cm³/mol. The van der Waals surface area contributed by atoms with Crippen LogP contribution in [0.3, 0.4) is 0 Å². The molecule has 1 saturated carbocycles. The molecule has 2 heteroatoms. The first-order valence-corrected chi connectivity index (χ1v) is 5.49. The van der Waals surface area contributed by atoms with Gasteiger partial charge >= 0.3 is 0 Å². The Labute approximate surface area is 85.7 Å². The summed E-state index contributed by atoms with van der Waals surface area (Å²) >= 11 is 0. The van der Waals surface area contributed by atoms with Gasteiger partial charge in [0.2, 0.25) is 0 Å². The maximum Gasteiger partial charge on any atom is 0.0300 e. The highest BCUT2D eigenvalue weighted by atomic mass is 14.9. The minimum absolute atomic E-state index is 0.752. The minimum Gasteiger partial charge on any atom is -0.310 e. The van der Waals surface area contributed by atoms with E-state index >= 15 is 0 Å². The molecule has 0 aromatic carbocycles. The summed E-state index contributed by atoms with van der Waals surface area (Å²) in [5.74, 6) is 0. The highest BCUT2D eigenvalue weighted by Crippen LogP contribution is 2.18. The molecule has 0 amide bonds. The summed E-state index contributed by atoms with van der Waals surface area (Å²) in [6, 6.07) is 2.86. The molecule has 0 unspecified atom stereocenters. The third-order valence-electron chi connectivity index (χ3n) is 3.07. The van der Waals surface area contributed by atoms with Crippen LogP contribution < -0.4 is 5.32 Å². The summed E-state index contributed by atoms with van der Waals surface area (Å²) in [6.45, 7) is 3.12. The van der Waals surface area contributed by atoms with Crippen LogP contribution in [0.2, 0.25) is 0 Å². The maximum absolute atomic E-state index is 4.10. The van der Waals surface area contributed by atoms with Gasteiger partial charge in [0.15, 0.2) is 0 Å². The molecule has 0 atom stereocenters. The molecule has 76 valence electrons. The van der Waals surface area contributed by atoms with Crippen molar-refractivity contribution in [2.24, 2.45) is 0 Å². The quantitative estimate of drug-likeness (QED) is 0.791. The Bertz CT molecular complexity index is 290. The molecule has 0 saturated heterocycles. The van der Waals surface area contributed by atoms with E-state index in [1.54, 1.807) is 0 Å². The Morgan fingerprint density at radius 2 is 2.21 bits per heavy atom. The van der Waals surface area contributed by atoms with Gasteiger partial charge in [-0.2, -0.15) is 0 Å². The molecular weight excluding hydrogens is 172 g/mol. The van der Waals surface area contributed by atoms with E-state index in [2.05, 4.69) is 23.3 Å². The van der Waals surface area contributed by atoms with Gasteiger partial charge in [0.05, 0.1) is 0 Å². The van der Waals surface area contributed by atoms with E-state index in [1.165, 1.54) is 36.8 Å². The van der Waals surface area contributed by atoms with Gasteiger partial charge in [0, 0.05) is 25.0 Å². The van der Waals surface area contributed by atoms with Crippen LogP contribution in [0, 0.1) is 6.92 Å². The Kier molecular flexibility index (Phi) is 3.14. The SMILES string of the molecule is Cc1cnccc1CNC1CCCC1. The topological polar surface area (TPSA) is 24.9 Å². The zero-order chi connectivity index (χ0) is 9.80. The lowest BCUT2D eigenvalue weighted by Gasteiger charge is -2.12. The van der Waals surface area contributed by atoms with E-state index in [1.807, 2.05) is 12.4 Å².